The number of ether oxygens (including phenoxy) is 2. The number of carbonyl (C=O) groups excluding carboxylic acids is 1. The number of nitrogens with zero attached hydrogens (tertiary/aromatic N) is 1. The lowest BCUT2D eigenvalue weighted by Crippen LogP contribution is -2.59. The van der Waals surface area contributed by atoms with E-state index in [-0.39, 0.29) is 12.7 Å². The van der Waals surface area contributed by atoms with Crippen molar-refractivity contribution in [1.82, 2.24) is 5.06 Å². The molecule has 0 aromatic heterocycles. The summed E-state index contributed by atoms with van der Waals surface area (Å²) in [7, 11) is 0. The first-order valence-electron chi connectivity index (χ1n) is 7.97. The molecular weight excluding hydrogens is 294 g/mol. The average Bonchev–Trinajstić information content (AvgIpc) is 2.43. The third-order valence-corrected chi connectivity index (χ3v) is 4.29. The van der Waals surface area contributed by atoms with Crippen LogP contribution in [-0.2, 0) is 16.1 Å². The Labute approximate surface area is 138 Å². The van der Waals surface area contributed by atoms with Crippen LogP contribution in [0.5, 0.6) is 0 Å². The second-order valence-corrected chi connectivity index (χ2v) is 7.59. The number of hydrogen-bond donors (Lipinski definition) is 0. The molecule has 1 aliphatic heterocycles. The third-order valence-electron chi connectivity index (χ3n) is 4.29. The van der Waals surface area contributed by atoms with Gasteiger partial charge in [0.15, 0.2) is 0 Å². The third kappa shape index (κ3) is 4.45. The van der Waals surface area contributed by atoms with E-state index >= 15 is 0 Å². The molecule has 0 radical (unpaired) electrons. The van der Waals surface area contributed by atoms with Crippen LogP contribution < -0.4 is 0 Å². The second-order valence-electron chi connectivity index (χ2n) is 7.59. The largest absolute Gasteiger partial charge is 0.784 e. The molecule has 0 unspecified atom stereocenters. The average molecular weight is 320 g/mol. The molecular formula is C18H26NO4-. The zero-order valence-corrected chi connectivity index (χ0v) is 14.6. The Bertz CT molecular complexity index is 533. The molecule has 1 fully saturated rings. The van der Waals surface area contributed by atoms with Gasteiger partial charge in [-0.15, -0.1) is 0 Å². The number of aryl methyl sites for hydroxylation is 1. The summed E-state index contributed by atoms with van der Waals surface area (Å²) in [6, 6.07) is 7.79. The van der Waals surface area contributed by atoms with Crippen molar-refractivity contribution >= 4 is 6.16 Å². The van der Waals surface area contributed by atoms with Gasteiger partial charge in [0.25, 0.3) is 0 Å². The van der Waals surface area contributed by atoms with Crippen molar-refractivity contribution in [3.05, 3.63) is 40.6 Å². The minimum Gasteiger partial charge on any atom is -0.784 e. The Morgan fingerprint density at radius 3 is 2.22 bits per heavy atom. The predicted molar refractivity (Wildman–Crippen MR) is 88.8 cm³/mol. The summed E-state index contributed by atoms with van der Waals surface area (Å²) in [5.41, 5.74) is 0.945. The molecule has 0 N–H and O–H groups in total. The van der Waals surface area contributed by atoms with Gasteiger partial charge in [0.05, 0.1) is 0 Å². The van der Waals surface area contributed by atoms with Crippen LogP contribution in [0.2, 0.25) is 0 Å². The van der Waals surface area contributed by atoms with E-state index in [1.807, 2.05) is 58.9 Å². The maximum absolute atomic E-state index is 12.3. The van der Waals surface area contributed by atoms with Crippen LogP contribution in [-0.4, -0.2) is 28.4 Å². The molecule has 5 heteroatoms. The van der Waals surface area contributed by atoms with Crippen molar-refractivity contribution in [1.29, 1.82) is 0 Å². The van der Waals surface area contributed by atoms with Gasteiger partial charge < -0.3 is 19.7 Å². The summed E-state index contributed by atoms with van der Waals surface area (Å²) in [6.45, 7) is 9.67. The van der Waals surface area contributed by atoms with Crippen molar-refractivity contribution in [3.8, 4) is 0 Å². The fraction of sp³-hybridized carbons (Fsp3) is 0.611. The summed E-state index contributed by atoms with van der Waals surface area (Å²) in [5.74, 6) is 0. The number of hydroxylamine groups is 2. The summed E-state index contributed by atoms with van der Waals surface area (Å²) in [6.07, 6.45) is 0.0105. The van der Waals surface area contributed by atoms with Crippen LogP contribution >= 0.6 is 0 Å². The topological polar surface area (TPSA) is 61.8 Å². The van der Waals surface area contributed by atoms with E-state index in [1.165, 1.54) is 0 Å². The van der Waals surface area contributed by atoms with Gasteiger partial charge in [-0.2, -0.15) is 0 Å². The van der Waals surface area contributed by atoms with Crippen LogP contribution in [0.3, 0.4) is 0 Å². The van der Waals surface area contributed by atoms with Crippen LogP contribution in [0.4, 0.5) is 4.79 Å². The lowest BCUT2D eigenvalue weighted by Gasteiger charge is -2.59. The van der Waals surface area contributed by atoms with Gasteiger partial charge in [0.2, 0.25) is 0 Å². The fourth-order valence-electron chi connectivity index (χ4n) is 3.25. The minimum absolute atomic E-state index is 0.187. The molecule has 23 heavy (non-hydrogen) atoms. The summed E-state index contributed by atoms with van der Waals surface area (Å²) in [5, 5.41) is 13.4. The maximum atomic E-state index is 12.3. The fourth-order valence-corrected chi connectivity index (χ4v) is 3.25. The van der Waals surface area contributed by atoms with Crippen LogP contribution in [0, 0.1) is 12.1 Å². The Morgan fingerprint density at radius 2 is 1.70 bits per heavy atom. The van der Waals surface area contributed by atoms with Gasteiger partial charge in [-0.05, 0) is 40.2 Å². The molecule has 1 aromatic rings. The lowest BCUT2D eigenvalue weighted by molar-refractivity contribution is -0.0719. The molecule has 128 valence electrons. The quantitative estimate of drug-likeness (QED) is 0.782. The Kier molecular flexibility index (Phi) is 5.01. The molecule has 1 heterocycles. The van der Waals surface area contributed by atoms with Crippen LogP contribution in [0.25, 0.3) is 0 Å². The molecule has 1 aliphatic rings. The lowest BCUT2D eigenvalue weighted by atomic mass is 9.80. The summed E-state index contributed by atoms with van der Waals surface area (Å²) < 4.78 is 10.6. The number of rotatable bonds is 3. The SMILES string of the molecule is Cc1ccc(COC(=O)OC2CC(C)(C)N([O-])C(C)(C)C2)cc1. The van der Waals surface area contributed by atoms with E-state index in [1.54, 1.807) is 0 Å². The maximum Gasteiger partial charge on any atom is 0.508 e. The number of piperidine rings is 1. The highest BCUT2D eigenvalue weighted by Gasteiger charge is 2.41. The Balaban J connectivity index is 1.89. The van der Waals surface area contributed by atoms with Crippen molar-refractivity contribution in [2.24, 2.45) is 0 Å². The first-order valence-corrected chi connectivity index (χ1v) is 7.97. The molecule has 1 saturated heterocycles. The zero-order valence-electron chi connectivity index (χ0n) is 14.6. The molecule has 0 amide bonds. The molecule has 5 nitrogen and oxygen atoms in total. The normalized spacial score (nSPS) is 21.0. The van der Waals surface area contributed by atoms with Gasteiger partial charge in [0, 0.05) is 23.9 Å². The van der Waals surface area contributed by atoms with Gasteiger partial charge >= 0.3 is 6.16 Å². The second kappa shape index (κ2) is 6.49. The van der Waals surface area contributed by atoms with Crippen molar-refractivity contribution in [3.63, 3.8) is 0 Å². The van der Waals surface area contributed by atoms with E-state index in [0.29, 0.717) is 12.8 Å². The molecule has 0 atom stereocenters. The molecule has 2 rings (SSSR count). The number of carbonyl (C=O) groups is 1. The Morgan fingerprint density at radius 1 is 1.17 bits per heavy atom. The molecule has 0 saturated carbocycles. The molecule has 0 spiro atoms. The van der Waals surface area contributed by atoms with Gasteiger partial charge in [0.1, 0.15) is 12.7 Å². The van der Waals surface area contributed by atoms with E-state index in [0.717, 1.165) is 16.2 Å². The highest BCUT2D eigenvalue weighted by Crippen LogP contribution is 2.38. The van der Waals surface area contributed by atoms with E-state index < -0.39 is 17.2 Å². The van der Waals surface area contributed by atoms with Gasteiger partial charge in [-0.1, -0.05) is 29.8 Å². The minimum atomic E-state index is -0.679. The number of hydrogen-bond acceptors (Lipinski definition) is 5. The van der Waals surface area contributed by atoms with Crippen LogP contribution in [0.1, 0.15) is 51.7 Å². The molecule has 0 aliphatic carbocycles. The highest BCUT2D eigenvalue weighted by molar-refractivity contribution is 5.60. The first kappa shape index (κ1) is 17.8. The zero-order chi connectivity index (χ0) is 17.3. The predicted octanol–water partition coefficient (Wildman–Crippen LogP) is 4.17. The van der Waals surface area contributed by atoms with Crippen molar-refractivity contribution in [2.75, 3.05) is 0 Å². The monoisotopic (exact) mass is 320 g/mol. The Hall–Kier alpha value is -1.59. The van der Waals surface area contributed by atoms with Crippen molar-refractivity contribution in [2.45, 2.75) is 71.2 Å². The number of benzene rings is 1. The molecule has 0 bridgehead atoms. The van der Waals surface area contributed by atoms with E-state index in [2.05, 4.69) is 0 Å². The van der Waals surface area contributed by atoms with E-state index in [4.69, 9.17) is 9.47 Å². The molecule has 1 aromatic carbocycles. The first-order chi connectivity index (χ1) is 10.6. The van der Waals surface area contributed by atoms with Gasteiger partial charge in [-0.25, -0.2) is 4.79 Å². The summed E-state index contributed by atoms with van der Waals surface area (Å²) in [4.78, 5) is 11.9. The van der Waals surface area contributed by atoms with E-state index in [9.17, 15) is 10.0 Å². The summed E-state index contributed by atoms with van der Waals surface area (Å²) >= 11 is 0. The standard InChI is InChI=1S/C18H26NO4/c1-13-6-8-14(9-7-13)12-22-16(20)23-15-10-17(2,3)19(21)18(4,5)11-15/h6-9,15H,10-12H2,1-5H3/q-1. The van der Waals surface area contributed by atoms with Gasteiger partial charge in [-0.3, -0.25) is 0 Å². The van der Waals surface area contributed by atoms with Crippen LogP contribution in [0.15, 0.2) is 24.3 Å². The smallest absolute Gasteiger partial charge is 0.508 e. The highest BCUT2D eigenvalue weighted by atomic mass is 16.7. The van der Waals surface area contributed by atoms with Crippen molar-refractivity contribution < 1.29 is 14.3 Å².